The molecule has 0 amide bonds. The van der Waals surface area contributed by atoms with Gasteiger partial charge in [0, 0.05) is 32.7 Å². The molecule has 0 atom stereocenters. The predicted molar refractivity (Wildman–Crippen MR) is 103 cm³/mol. The number of carboxylic acids is 2. The van der Waals surface area contributed by atoms with E-state index < -0.39 is 11.9 Å². The molecule has 3 rings (SSSR count). The summed E-state index contributed by atoms with van der Waals surface area (Å²) < 4.78 is 5.91. The fourth-order valence-corrected chi connectivity index (χ4v) is 2.88. The molecule has 7 heteroatoms. The first-order valence-corrected chi connectivity index (χ1v) is 9.02. The highest BCUT2D eigenvalue weighted by atomic mass is 16.5. The molecule has 0 unspecified atom stereocenters. The van der Waals surface area contributed by atoms with Crippen LogP contribution in [0, 0.1) is 0 Å². The number of rotatable bonds is 5. The summed E-state index contributed by atoms with van der Waals surface area (Å²) in [6, 6.07) is 14.7. The molecule has 27 heavy (non-hydrogen) atoms. The molecule has 2 aromatic rings. The smallest absolute Gasteiger partial charge is 0.414 e. The van der Waals surface area contributed by atoms with Crippen LogP contribution in [0.2, 0.25) is 0 Å². The second-order valence-electron chi connectivity index (χ2n) is 6.24. The zero-order valence-corrected chi connectivity index (χ0v) is 15.5. The van der Waals surface area contributed by atoms with E-state index in [0.29, 0.717) is 0 Å². The van der Waals surface area contributed by atoms with Gasteiger partial charge >= 0.3 is 11.9 Å². The molecule has 0 aliphatic carbocycles. The Balaban J connectivity index is 0.000000380. The summed E-state index contributed by atoms with van der Waals surface area (Å²) in [4.78, 5) is 23.2. The zero-order chi connectivity index (χ0) is 19.6. The number of nitrogens with zero attached hydrogens (tertiary/aromatic N) is 2. The average Bonchev–Trinajstić information content (AvgIpc) is 2.69. The third-order valence-electron chi connectivity index (χ3n) is 4.49. The van der Waals surface area contributed by atoms with Gasteiger partial charge in [0.05, 0.1) is 0 Å². The summed E-state index contributed by atoms with van der Waals surface area (Å²) in [5.74, 6) is -2.68. The molecule has 2 aromatic carbocycles. The molecule has 1 fully saturated rings. The molecular weight excluding hydrogens is 348 g/mol. The maximum Gasteiger partial charge on any atom is 0.414 e. The number of ether oxygens (including phenoxy) is 1. The quantitative estimate of drug-likeness (QED) is 0.774. The number of benzene rings is 2. The van der Waals surface area contributed by atoms with Crippen molar-refractivity contribution >= 4 is 22.7 Å². The minimum atomic E-state index is -1.82. The third kappa shape index (κ3) is 6.88. The Kier molecular flexibility index (Phi) is 8.03. The van der Waals surface area contributed by atoms with E-state index in [9.17, 15) is 0 Å². The van der Waals surface area contributed by atoms with Gasteiger partial charge < -0.3 is 19.8 Å². The van der Waals surface area contributed by atoms with Crippen LogP contribution in [0.5, 0.6) is 5.75 Å². The van der Waals surface area contributed by atoms with Crippen molar-refractivity contribution in [2.45, 2.75) is 6.92 Å². The van der Waals surface area contributed by atoms with Crippen molar-refractivity contribution in [1.82, 2.24) is 9.80 Å². The largest absolute Gasteiger partial charge is 0.492 e. The van der Waals surface area contributed by atoms with E-state index in [4.69, 9.17) is 24.5 Å². The molecule has 7 nitrogen and oxygen atoms in total. The highest BCUT2D eigenvalue weighted by Crippen LogP contribution is 2.20. The SMILES string of the molecule is CCN1CCN(CCOc2ccc3ccccc3c2)CC1.O=C(O)C(=O)O. The van der Waals surface area contributed by atoms with Crippen LogP contribution in [0.3, 0.4) is 0 Å². The summed E-state index contributed by atoms with van der Waals surface area (Å²) in [6.07, 6.45) is 0. The fourth-order valence-electron chi connectivity index (χ4n) is 2.88. The van der Waals surface area contributed by atoms with Crippen molar-refractivity contribution in [2.24, 2.45) is 0 Å². The average molecular weight is 374 g/mol. The summed E-state index contributed by atoms with van der Waals surface area (Å²) in [5, 5.41) is 17.3. The van der Waals surface area contributed by atoms with Gasteiger partial charge in [-0.3, -0.25) is 4.90 Å². The molecule has 1 aliphatic heterocycles. The second-order valence-corrected chi connectivity index (χ2v) is 6.24. The zero-order valence-electron chi connectivity index (χ0n) is 15.5. The lowest BCUT2D eigenvalue weighted by molar-refractivity contribution is -0.159. The van der Waals surface area contributed by atoms with Gasteiger partial charge in [-0.25, -0.2) is 9.59 Å². The first kappa shape index (κ1) is 20.7. The molecular formula is C20H26N2O5. The van der Waals surface area contributed by atoms with Crippen LogP contribution in [-0.4, -0.2) is 77.8 Å². The number of piperazine rings is 1. The van der Waals surface area contributed by atoms with Crippen molar-refractivity contribution in [1.29, 1.82) is 0 Å². The van der Waals surface area contributed by atoms with Gasteiger partial charge in [-0.2, -0.15) is 0 Å². The molecule has 2 N–H and O–H groups in total. The topological polar surface area (TPSA) is 90.3 Å². The number of fused-ring (bicyclic) bond motifs is 1. The minimum absolute atomic E-state index is 0.768. The highest BCUT2D eigenvalue weighted by Gasteiger charge is 2.14. The molecule has 0 bridgehead atoms. The minimum Gasteiger partial charge on any atom is -0.492 e. The normalized spacial score (nSPS) is 15.0. The maximum atomic E-state index is 9.10. The summed E-state index contributed by atoms with van der Waals surface area (Å²) >= 11 is 0. The number of likely N-dealkylation sites (N-methyl/N-ethyl adjacent to an activating group) is 1. The lowest BCUT2D eigenvalue weighted by Crippen LogP contribution is -2.47. The number of hydrogen-bond donors (Lipinski definition) is 2. The van der Waals surface area contributed by atoms with Crippen LogP contribution in [0.4, 0.5) is 0 Å². The maximum absolute atomic E-state index is 9.10. The Labute approximate surface area is 158 Å². The van der Waals surface area contributed by atoms with Crippen LogP contribution in [0.25, 0.3) is 10.8 Å². The Bertz CT molecular complexity index is 745. The first-order chi connectivity index (χ1) is 13.0. The van der Waals surface area contributed by atoms with Gasteiger partial charge in [0.25, 0.3) is 0 Å². The van der Waals surface area contributed by atoms with Crippen molar-refractivity contribution in [3.05, 3.63) is 42.5 Å². The Morgan fingerprint density at radius 3 is 2.11 bits per heavy atom. The highest BCUT2D eigenvalue weighted by molar-refractivity contribution is 6.27. The number of hydrogen-bond acceptors (Lipinski definition) is 5. The molecule has 146 valence electrons. The van der Waals surface area contributed by atoms with E-state index in [2.05, 4.69) is 59.2 Å². The van der Waals surface area contributed by atoms with Crippen LogP contribution in [0.1, 0.15) is 6.92 Å². The summed E-state index contributed by atoms with van der Waals surface area (Å²) in [6.45, 7) is 9.89. The monoisotopic (exact) mass is 374 g/mol. The van der Waals surface area contributed by atoms with Gasteiger partial charge in [-0.05, 0) is 29.4 Å². The van der Waals surface area contributed by atoms with Gasteiger partial charge in [-0.1, -0.05) is 37.3 Å². The predicted octanol–water partition coefficient (Wildman–Crippen LogP) is 2.01. The van der Waals surface area contributed by atoms with Gasteiger partial charge in [0.15, 0.2) is 0 Å². The van der Waals surface area contributed by atoms with Gasteiger partial charge in [0.2, 0.25) is 0 Å². The molecule has 1 heterocycles. The van der Waals surface area contributed by atoms with Crippen LogP contribution >= 0.6 is 0 Å². The van der Waals surface area contributed by atoms with E-state index >= 15 is 0 Å². The standard InChI is InChI=1S/C18H24N2O.C2H2O4/c1-2-19-9-11-20(12-10-19)13-14-21-18-8-7-16-5-3-4-6-17(16)15-18;3-1(4)2(5)6/h3-8,15H,2,9-14H2,1H3;(H,3,4)(H,5,6). The Morgan fingerprint density at radius 2 is 1.52 bits per heavy atom. The molecule has 0 aromatic heterocycles. The fraction of sp³-hybridized carbons (Fsp3) is 0.400. The Morgan fingerprint density at radius 1 is 0.926 bits per heavy atom. The number of carboxylic acid groups (broad SMARTS) is 2. The lowest BCUT2D eigenvalue weighted by Gasteiger charge is -2.33. The van der Waals surface area contributed by atoms with E-state index in [0.717, 1.165) is 32.0 Å². The summed E-state index contributed by atoms with van der Waals surface area (Å²) in [5.41, 5.74) is 0. The molecule has 0 spiro atoms. The van der Waals surface area contributed by atoms with E-state index in [1.54, 1.807) is 0 Å². The van der Waals surface area contributed by atoms with Crippen LogP contribution in [0.15, 0.2) is 42.5 Å². The van der Waals surface area contributed by atoms with E-state index in [1.165, 1.54) is 30.4 Å². The number of aliphatic carboxylic acids is 2. The molecule has 0 saturated carbocycles. The van der Waals surface area contributed by atoms with E-state index in [1.807, 2.05) is 0 Å². The van der Waals surface area contributed by atoms with Crippen LogP contribution < -0.4 is 4.74 Å². The van der Waals surface area contributed by atoms with Crippen molar-refractivity contribution in [3.63, 3.8) is 0 Å². The van der Waals surface area contributed by atoms with Crippen molar-refractivity contribution in [2.75, 3.05) is 45.9 Å². The van der Waals surface area contributed by atoms with Crippen molar-refractivity contribution < 1.29 is 24.5 Å². The number of carbonyl (C=O) groups is 2. The van der Waals surface area contributed by atoms with Gasteiger partial charge in [-0.15, -0.1) is 0 Å². The van der Waals surface area contributed by atoms with Crippen molar-refractivity contribution in [3.8, 4) is 5.75 Å². The van der Waals surface area contributed by atoms with Gasteiger partial charge in [0.1, 0.15) is 12.4 Å². The van der Waals surface area contributed by atoms with Crippen LogP contribution in [-0.2, 0) is 9.59 Å². The Hall–Kier alpha value is -2.64. The first-order valence-electron chi connectivity index (χ1n) is 9.02. The third-order valence-corrected chi connectivity index (χ3v) is 4.49. The van der Waals surface area contributed by atoms with E-state index in [-0.39, 0.29) is 0 Å². The molecule has 1 saturated heterocycles. The second kappa shape index (κ2) is 10.5. The lowest BCUT2D eigenvalue weighted by atomic mass is 10.1. The molecule has 0 radical (unpaired) electrons. The summed E-state index contributed by atoms with van der Waals surface area (Å²) in [7, 11) is 0. The molecule has 1 aliphatic rings.